The van der Waals surface area contributed by atoms with Crippen LogP contribution in [-0.2, 0) is 22.3 Å². The third-order valence-electron chi connectivity index (χ3n) is 0.400. The first-order valence-electron chi connectivity index (χ1n) is 2.19. The molecule has 0 aromatic heterocycles. The minimum atomic E-state index is -5.97. The molecule has 0 radical (unpaired) electrons. The van der Waals surface area contributed by atoms with Gasteiger partial charge in [0, 0.05) is 0 Å². The van der Waals surface area contributed by atoms with Gasteiger partial charge in [-0.1, -0.05) is 0 Å². The van der Waals surface area contributed by atoms with Crippen LogP contribution in [-0.4, -0.2) is 5.48 Å². The van der Waals surface area contributed by atoms with Gasteiger partial charge in [0.05, 0.1) is 15.6 Å². The van der Waals surface area contributed by atoms with Gasteiger partial charge >= 0.3 is 257 Å². The largest absolute Gasteiger partial charge is 1.00 e. The Labute approximate surface area is 321 Å². The van der Waals surface area contributed by atoms with Crippen molar-refractivity contribution in [1.82, 2.24) is 0 Å². The van der Waals surface area contributed by atoms with E-state index in [0.717, 1.165) is 0 Å². The van der Waals surface area contributed by atoms with Crippen LogP contribution in [0.1, 0.15) is 0 Å². The number of hydrogen-bond acceptors (Lipinski definition) is 10. The van der Waals surface area contributed by atoms with E-state index in [1.54, 1.807) is 0 Å². The average molecular weight is 466 g/mol. The summed E-state index contributed by atoms with van der Waals surface area (Å²) in [6.07, 6.45) is 0. The Kier molecular flexibility index (Phi) is 51.5. The van der Waals surface area contributed by atoms with Crippen molar-refractivity contribution in [3.63, 3.8) is 0 Å². The molecule has 0 aliphatic carbocycles. The van der Waals surface area contributed by atoms with Gasteiger partial charge in [-0.3, -0.25) is 13.2 Å². The van der Waals surface area contributed by atoms with Crippen LogP contribution >= 0.6 is 23.5 Å². The van der Waals surface area contributed by atoms with Gasteiger partial charge in [-0.2, -0.15) is 0 Å². The van der Waals surface area contributed by atoms with E-state index >= 15 is 0 Å². The average Bonchev–Trinajstić information content (AvgIpc) is 1.43. The van der Waals surface area contributed by atoms with Crippen molar-refractivity contribution in [3.8, 4) is 0 Å². The molecular weight excluding hydrogens is 464 g/mol. The van der Waals surface area contributed by atoms with Crippen molar-refractivity contribution in [2.24, 2.45) is 0 Å². The third kappa shape index (κ3) is 37.9. The molecule has 0 aromatic carbocycles. The van der Waals surface area contributed by atoms with E-state index in [4.69, 9.17) is 0 Å². The molecule has 0 atom stereocenters. The van der Waals surface area contributed by atoms with Crippen molar-refractivity contribution in [3.05, 3.63) is 0 Å². The van der Waals surface area contributed by atoms with Crippen LogP contribution < -0.4 is 281 Å². The molecule has 19 heteroatoms. The summed E-state index contributed by atoms with van der Waals surface area (Å²) in [5.41, 5.74) is 0. The summed E-state index contributed by atoms with van der Waals surface area (Å²) in [4.78, 5) is 48.6. The molecule has 0 spiro atoms. The van der Waals surface area contributed by atoms with Crippen LogP contribution in [0.4, 0.5) is 0 Å². The van der Waals surface area contributed by atoms with Crippen molar-refractivity contribution in [2.75, 3.05) is 0 Å². The molecule has 0 aliphatic heterocycles. The predicted molar refractivity (Wildman–Crippen MR) is 28.6 cm³/mol. The zero-order valence-corrected chi connectivity index (χ0v) is 29.2. The predicted octanol–water partition coefficient (Wildman–Crippen LogP) is -19.7. The second-order valence-electron chi connectivity index (χ2n) is 1.50. The Hall–Kier alpha value is 8.55. The van der Waals surface area contributed by atoms with E-state index in [-0.39, 0.29) is 262 Å². The molecule has 0 aliphatic rings. The molecule has 11 nitrogen and oxygen atoms in total. The summed E-state index contributed by atoms with van der Waals surface area (Å²) in [6.45, 7) is 0. The SMILES string of the molecule is O.O=P([O-])([O-])OP(=O)([O-])OP(=O)([O-])[O-].[K+].[K+].[K+].[K+].[K+]. The smallest absolute Gasteiger partial charge is 0.790 e. The second-order valence-corrected chi connectivity index (χ2v) is 5.49. The summed E-state index contributed by atoms with van der Waals surface area (Å²) in [6, 6.07) is 0. The molecule has 0 saturated carbocycles. The zero-order chi connectivity index (χ0) is 10.9. The van der Waals surface area contributed by atoms with Gasteiger partial charge in [0.2, 0.25) is 0 Å². The van der Waals surface area contributed by atoms with Crippen molar-refractivity contribution >= 4 is 23.5 Å². The van der Waals surface area contributed by atoms with E-state index in [9.17, 15) is 38.2 Å². The molecule has 0 aromatic rings. The fourth-order valence-electron chi connectivity index (χ4n) is 0.260. The van der Waals surface area contributed by atoms with Crippen LogP contribution in [0.5, 0.6) is 0 Å². The first-order valence-corrected chi connectivity index (χ1v) is 6.57. The second kappa shape index (κ2) is 21.3. The summed E-state index contributed by atoms with van der Waals surface area (Å²) in [7, 11) is -17.9. The summed E-state index contributed by atoms with van der Waals surface area (Å²) in [5, 5.41) is 0. The summed E-state index contributed by atoms with van der Waals surface area (Å²) < 4.78 is 34.7. The monoisotopic (exact) mass is 466 g/mol. The van der Waals surface area contributed by atoms with Crippen LogP contribution in [0.15, 0.2) is 0 Å². The van der Waals surface area contributed by atoms with Gasteiger partial charge in [0.25, 0.3) is 7.82 Å². The number of hydrogen-bond donors (Lipinski definition) is 0. The van der Waals surface area contributed by atoms with E-state index < -0.39 is 23.5 Å². The van der Waals surface area contributed by atoms with Crippen LogP contribution in [0, 0.1) is 0 Å². The van der Waals surface area contributed by atoms with Crippen molar-refractivity contribution in [2.45, 2.75) is 0 Å². The van der Waals surface area contributed by atoms with Crippen LogP contribution in [0.2, 0.25) is 0 Å². The summed E-state index contributed by atoms with van der Waals surface area (Å²) >= 11 is 0. The van der Waals surface area contributed by atoms with Gasteiger partial charge in [0.1, 0.15) is 0 Å². The Morgan fingerprint density at radius 1 is 0.579 bits per heavy atom. The Bertz CT molecular complexity index is 288. The molecule has 0 rings (SSSR count). The first-order chi connectivity index (χ1) is 5.41. The quantitative estimate of drug-likeness (QED) is 0.281. The fraction of sp³-hybridized carbons (Fsp3) is 0. The van der Waals surface area contributed by atoms with E-state index in [0.29, 0.717) is 0 Å². The van der Waals surface area contributed by atoms with Gasteiger partial charge < -0.3 is 39.1 Å². The van der Waals surface area contributed by atoms with Gasteiger partial charge in [-0.05, 0) is 0 Å². The molecule has 0 fully saturated rings. The van der Waals surface area contributed by atoms with Gasteiger partial charge in [0.15, 0.2) is 0 Å². The molecule has 0 unspecified atom stereocenters. The topological polar surface area (TPSA) is 216 Å². The fourth-order valence-corrected chi connectivity index (χ4v) is 2.61. The molecule has 88 valence electrons. The standard InChI is InChI=1S/5K.H5O10P3.H2O/c;;;;;1-11(2,3)9-13(7,8)10-12(4,5)6;/h;;;;;(H,7,8)(H2,1,2,3)(H2,4,5,6);1H2/q5*+1;;/p-5. The van der Waals surface area contributed by atoms with Crippen LogP contribution in [0.3, 0.4) is 0 Å². The maximum absolute atomic E-state index is 10.1. The molecule has 0 saturated heterocycles. The molecule has 19 heavy (non-hydrogen) atoms. The molecule has 0 heterocycles. The van der Waals surface area contributed by atoms with E-state index in [1.807, 2.05) is 0 Å². The normalized spacial score (nSPS) is 9.95. The number of rotatable bonds is 4. The maximum Gasteiger partial charge on any atom is 1.00 e. The minimum Gasteiger partial charge on any atom is -0.790 e. The van der Waals surface area contributed by atoms with E-state index in [2.05, 4.69) is 8.62 Å². The molecule has 2 N–H and O–H groups in total. The molecule has 0 amide bonds. The number of phosphoric acid groups is 3. The van der Waals surface area contributed by atoms with Crippen molar-refractivity contribution < 1.29 is 309 Å². The third-order valence-corrected chi connectivity index (χ3v) is 3.60. The molecular formula is H2K5O11P3. The van der Waals surface area contributed by atoms with Gasteiger partial charge in [-0.25, -0.2) is 0 Å². The van der Waals surface area contributed by atoms with Crippen molar-refractivity contribution in [1.29, 1.82) is 0 Å². The maximum atomic E-state index is 10.1. The summed E-state index contributed by atoms with van der Waals surface area (Å²) in [5.74, 6) is 0. The molecule has 0 bridgehead atoms. The van der Waals surface area contributed by atoms with Crippen LogP contribution in [0.25, 0.3) is 0 Å². The minimum absolute atomic E-state index is 0. The van der Waals surface area contributed by atoms with E-state index in [1.165, 1.54) is 0 Å². The Morgan fingerprint density at radius 2 is 0.737 bits per heavy atom. The van der Waals surface area contributed by atoms with Gasteiger partial charge in [-0.15, -0.1) is 0 Å². The Morgan fingerprint density at radius 3 is 0.842 bits per heavy atom. The first kappa shape index (κ1) is 46.0. The zero-order valence-electron chi connectivity index (χ0n) is 10.9. The Balaban J connectivity index is -0.0000000480.